The predicted octanol–water partition coefficient (Wildman–Crippen LogP) is 3.58. The lowest BCUT2D eigenvalue weighted by Crippen LogP contribution is -2.19. The third-order valence-corrected chi connectivity index (χ3v) is 3.98. The predicted molar refractivity (Wildman–Crippen MR) is 84.6 cm³/mol. The zero-order valence-corrected chi connectivity index (χ0v) is 14.5. The Hall–Kier alpha value is -0.920. The molecule has 20 heavy (non-hydrogen) atoms. The summed E-state index contributed by atoms with van der Waals surface area (Å²) in [6.45, 7) is 5.37. The Labute approximate surface area is 134 Å². The third-order valence-electron chi connectivity index (χ3n) is 2.80. The van der Waals surface area contributed by atoms with Gasteiger partial charge in [-0.1, -0.05) is 0 Å². The van der Waals surface area contributed by atoms with Gasteiger partial charge in [0.2, 0.25) is 0 Å². The second-order valence-electron chi connectivity index (χ2n) is 4.29. The van der Waals surface area contributed by atoms with Gasteiger partial charge in [0.15, 0.2) is 0 Å². The molecule has 0 aliphatic heterocycles. The standard InChI is InChI=1S/C13H16Br2N4O/c1-3-20-12-10(14)4-9(5-11(12)15)6-16-8(2)13-17-7-18-19-13/h4-5,7-8,16H,3,6H2,1-2H3,(H,17,18,19). The molecule has 108 valence electrons. The van der Waals surface area contributed by atoms with E-state index in [9.17, 15) is 0 Å². The average molecular weight is 404 g/mol. The molecule has 0 aliphatic carbocycles. The number of rotatable bonds is 6. The molecule has 0 fully saturated rings. The minimum absolute atomic E-state index is 0.113. The molecule has 1 heterocycles. The molecule has 2 N–H and O–H groups in total. The monoisotopic (exact) mass is 402 g/mol. The summed E-state index contributed by atoms with van der Waals surface area (Å²) in [6.07, 6.45) is 1.51. The number of hydrogen-bond donors (Lipinski definition) is 2. The molecular formula is C13H16Br2N4O. The Morgan fingerprint density at radius 3 is 2.60 bits per heavy atom. The third kappa shape index (κ3) is 3.80. The van der Waals surface area contributed by atoms with E-state index in [1.165, 1.54) is 6.33 Å². The van der Waals surface area contributed by atoms with E-state index in [0.717, 1.165) is 32.6 Å². The van der Waals surface area contributed by atoms with Gasteiger partial charge in [0, 0.05) is 6.54 Å². The number of halogens is 2. The van der Waals surface area contributed by atoms with Crippen molar-refractivity contribution in [1.29, 1.82) is 0 Å². The fraction of sp³-hybridized carbons (Fsp3) is 0.385. The first-order valence-corrected chi connectivity index (χ1v) is 7.89. The number of aromatic nitrogens is 3. The summed E-state index contributed by atoms with van der Waals surface area (Å²) >= 11 is 7.07. The average Bonchev–Trinajstić information content (AvgIpc) is 2.94. The molecule has 5 nitrogen and oxygen atoms in total. The van der Waals surface area contributed by atoms with Crippen LogP contribution >= 0.6 is 31.9 Å². The normalized spacial score (nSPS) is 12.4. The molecular weight excluding hydrogens is 388 g/mol. The molecule has 1 aromatic heterocycles. The first-order chi connectivity index (χ1) is 9.61. The van der Waals surface area contributed by atoms with E-state index in [1.54, 1.807) is 0 Å². The summed E-state index contributed by atoms with van der Waals surface area (Å²) < 4.78 is 7.45. The molecule has 7 heteroatoms. The summed E-state index contributed by atoms with van der Waals surface area (Å²) in [6, 6.07) is 4.22. The van der Waals surface area contributed by atoms with Crippen molar-refractivity contribution >= 4 is 31.9 Å². The van der Waals surface area contributed by atoms with Crippen molar-refractivity contribution in [1.82, 2.24) is 20.5 Å². The highest BCUT2D eigenvalue weighted by molar-refractivity contribution is 9.11. The van der Waals surface area contributed by atoms with Crippen LogP contribution in [0.15, 0.2) is 27.4 Å². The maximum atomic E-state index is 5.57. The van der Waals surface area contributed by atoms with Crippen LogP contribution in [0, 0.1) is 0 Å². The van der Waals surface area contributed by atoms with Gasteiger partial charge in [-0.2, -0.15) is 5.10 Å². The molecule has 2 rings (SSSR count). The second-order valence-corrected chi connectivity index (χ2v) is 6.00. The van der Waals surface area contributed by atoms with E-state index in [1.807, 2.05) is 13.8 Å². The smallest absolute Gasteiger partial charge is 0.147 e. The summed E-state index contributed by atoms with van der Waals surface area (Å²) in [4.78, 5) is 4.13. The summed E-state index contributed by atoms with van der Waals surface area (Å²) in [5.41, 5.74) is 1.15. The van der Waals surface area contributed by atoms with E-state index in [-0.39, 0.29) is 6.04 Å². The first kappa shape index (κ1) is 15.5. The lowest BCUT2D eigenvalue weighted by Gasteiger charge is -2.14. The van der Waals surface area contributed by atoms with Gasteiger partial charge in [-0.25, -0.2) is 4.98 Å². The molecule has 0 bridgehead atoms. The van der Waals surface area contributed by atoms with Crippen LogP contribution in [0.2, 0.25) is 0 Å². The van der Waals surface area contributed by atoms with Crippen molar-refractivity contribution < 1.29 is 4.74 Å². The number of nitrogens with zero attached hydrogens (tertiary/aromatic N) is 2. The molecule has 0 saturated carbocycles. The van der Waals surface area contributed by atoms with Crippen molar-refractivity contribution in [2.75, 3.05) is 6.61 Å². The molecule has 1 aromatic carbocycles. The fourth-order valence-corrected chi connectivity index (χ4v) is 3.30. The summed E-state index contributed by atoms with van der Waals surface area (Å²) in [5.74, 6) is 1.66. The molecule has 0 aliphatic rings. The largest absolute Gasteiger partial charge is 0.492 e. The van der Waals surface area contributed by atoms with Gasteiger partial charge in [0.05, 0.1) is 21.6 Å². The van der Waals surface area contributed by atoms with Crippen molar-refractivity contribution in [2.24, 2.45) is 0 Å². The fourth-order valence-electron chi connectivity index (χ4n) is 1.79. The number of H-pyrrole nitrogens is 1. The van der Waals surface area contributed by atoms with Crippen LogP contribution in [0.1, 0.15) is 31.3 Å². The number of ether oxygens (including phenoxy) is 1. The van der Waals surface area contributed by atoms with Crippen LogP contribution in [0.25, 0.3) is 0 Å². The van der Waals surface area contributed by atoms with Crippen molar-refractivity contribution in [2.45, 2.75) is 26.4 Å². The highest BCUT2D eigenvalue weighted by Gasteiger charge is 2.11. The molecule has 1 atom stereocenters. The van der Waals surface area contributed by atoms with Gasteiger partial charge >= 0.3 is 0 Å². The van der Waals surface area contributed by atoms with Crippen LogP contribution in [0.4, 0.5) is 0 Å². The van der Waals surface area contributed by atoms with E-state index in [0.29, 0.717) is 6.61 Å². The van der Waals surface area contributed by atoms with Crippen LogP contribution in [-0.4, -0.2) is 21.8 Å². The van der Waals surface area contributed by atoms with E-state index in [2.05, 4.69) is 64.5 Å². The van der Waals surface area contributed by atoms with E-state index in [4.69, 9.17) is 4.74 Å². The van der Waals surface area contributed by atoms with Gasteiger partial charge < -0.3 is 10.1 Å². The highest BCUT2D eigenvalue weighted by atomic mass is 79.9. The second kappa shape index (κ2) is 7.19. The van der Waals surface area contributed by atoms with Gasteiger partial charge in [-0.05, 0) is 63.4 Å². The van der Waals surface area contributed by atoms with Crippen molar-refractivity contribution in [3.63, 3.8) is 0 Å². The number of nitrogens with one attached hydrogen (secondary N) is 2. The zero-order valence-electron chi connectivity index (χ0n) is 11.3. The minimum Gasteiger partial charge on any atom is -0.492 e. The first-order valence-electron chi connectivity index (χ1n) is 6.31. The minimum atomic E-state index is 0.113. The number of hydrogen-bond acceptors (Lipinski definition) is 4. The van der Waals surface area contributed by atoms with Crippen LogP contribution < -0.4 is 10.1 Å². The Kier molecular flexibility index (Phi) is 5.56. The van der Waals surface area contributed by atoms with Gasteiger partial charge in [-0.3, -0.25) is 5.10 Å². The topological polar surface area (TPSA) is 62.8 Å². The summed E-state index contributed by atoms with van der Waals surface area (Å²) in [5, 5.41) is 10.1. The maximum absolute atomic E-state index is 5.57. The van der Waals surface area contributed by atoms with Crippen LogP contribution in [0.3, 0.4) is 0 Å². The SMILES string of the molecule is CCOc1c(Br)cc(CNC(C)c2ncn[nH]2)cc1Br. The van der Waals surface area contributed by atoms with E-state index >= 15 is 0 Å². The number of benzene rings is 1. The Balaban J connectivity index is 2.03. The zero-order chi connectivity index (χ0) is 14.5. The molecule has 0 spiro atoms. The maximum Gasteiger partial charge on any atom is 0.147 e. The number of aromatic amines is 1. The Bertz CT molecular complexity index is 536. The van der Waals surface area contributed by atoms with Crippen LogP contribution in [-0.2, 0) is 6.54 Å². The lowest BCUT2D eigenvalue weighted by atomic mass is 10.2. The lowest BCUT2D eigenvalue weighted by molar-refractivity contribution is 0.336. The van der Waals surface area contributed by atoms with E-state index < -0.39 is 0 Å². The molecule has 2 aromatic rings. The Morgan fingerprint density at radius 2 is 2.05 bits per heavy atom. The van der Waals surface area contributed by atoms with Crippen LogP contribution in [0.5, 0.6) is 5.75 Å². The van der Waals surface area contributed by atoms with Gasteiger partial charge in [0.1, 0.15) is 17.9 Å². The highest BCUT2D eigenvalue weighted by Crippen LogP contribution is 2.34. The molecule has 0 radical (unpaired) electrons. The summed E-state index contributed by atoms with van der Waals surface area (Å²) in [7, 11) is 0. The van der Waals surface area contributed by atoms with Crippen molar-refractivity contribution in [3.05, 3.63) is 38.8 Å². The molecule has 1 unspecified atom stereocenters. The molecule has 0 saturated heterocycles. The van der Waals surface area contributed by atoms with Gasteiger partial charge in [-0.15, -0.1) is 0 Å². The molecule has 0 amide bonds. The van der Waals surface area contributed by atoms with Crippen molar-refractivity contribution in [3.8, 4) is 5.75 Å². The van der Waals surface area contributed by atoms with Gasteiger partial charge in [0.25, 0.3) is 0 Å². The quantitative estimate of drug-likeness (QED) is 0.773. The Morgan fingerprint density at radius 1 is 1.35 bits per heavy atom.